The first-order valence-corrected chi connectivity index (χ1v) is 7.37. The van der Waals surface area contributed by atoms with Crippen LogP contribution in [0.25, 0.3) is 0 Å². The van der Waals surface area contributed by atoms with Crippen molar-refractivity contribution in [1.82, 2.24) is 20.6 Å². The number of carboxylic acids is 1. The van der Waals surface area contributed by atoms with Gasteiger partial charge in [0, 0.05) is 18.3 Å². The Hall–Kier alpha value is -2.42. The van der Waals surface area contributed by atoms with E-state index in [0.29, 0.717) is 5.69 Å². The molecule has 0 spiro atoms. The van der Waals surface area contributed by atoms with Crippen LogP contribution in [0.2, 0.25) is 0 Å². The Morgan fingerprint density at radius 1 is 1.43 bits per heavy atom. The molecule has 128 valence electrons. The molecule has 23 heavy (non-hydrogen) atoms. The molecule has 9 nitrogen and oxygen atoms in total. The number of hydrogen-bond acceptors (Lipinski definition) is 5. The average molecular weight is 325 g/mol. The summed E-state index contributed by atoms with van der Waals surface area (Å²) in [5.74, 6) is -2.21. The maximum absolute atomic E-state index is 11.8. The van der Waals surface area contributed by atoms with Crippen LogP contribution in [-0.4, -0.2) is 51.5 Å². The SMILES string of the molecule is CCC(C)C(N)C(=O)NCC(=O)NC(Cc1cnc[nH]1)C(=O)O. The molecule has 6 N–H and O–H groups in total. The number of nitrogens with two attached hydrogens (primary N) is 1. The van der Waals surface area contributed by atoms with Gasteiger partial charge in [-0.1, -0.05) is 20.3 Å². The molecule has 0 fully saturated rings. The number of rotatable bonds is 9. The second-order valence-electron chi connectivity index (χ2n) is 5.37. The number of amides is 2. The topological polar surface area (TPSA) is 150 Å². The first kappa shape index (κ1) is 18.6. The lowest BCUT2D eigenvalue weighted by atomic mass is 9.99. The molecule has 3 unspecified atom stereocenters. The number of nitrogens with zero attached hydrogens (tertiary/aromatic N) is 1. The molecule has 0 aliphatic heterocycles. The standard InChI is InChI=1S/C14H23N5O4/c1-3-8(2)12(15)13(21)17-6-11(20)19-10(14(22)23)4-9-5-16-7-18-9/h5,7-8,10,12H,3-4,6,15H2,1-2H3,(H,16,18)(H,17,21)(H,19,20)(H,22,23). The van der Waals surface area contributed by atoms with E-state index >= 15 is 0 Å². The fourth-order valence-corrected chi connectivity index (χ4v) is 1.86. The molecule has 1 rings (SSSR count). The van der Waals surface area contributed by atoms with Gasteiger partial charge in [-0.25, -0.2) is 9.78 Å². The molecule has 0 aromatic carbocycles. The Kier molecular flexibility index (Phi) is 7.20. The van der Waals surface area contributed by atoms with Gasteiger partial charge < -0.3 is 26.5 Å². The van der Waals surface area contributed by atoms with Crippen molar-refractivity contribution in [2.45, 2.75) is 38.8 Å². The van der Waals surface area contributed by atoms with Crippen LogP contribution in [0.3, 0.4) is 0 Å². The maximum Gasteiger partial charge on any atom is 0.326 e. The zero-order valence-electron chi connectivity index (χ0n) is 13.2. The molecular formula is C14H23N5O4. The number of carbonyl (C=O) groups excluding carboxylic acids is 2. The van der Waals surface area contributed by atoms with Crippen LogP contribution < -0.4 is 16.4 Å². The highest BCUT2D eigenvalue weighted by molar-refractivity contribution is 5.89. The third-order valence-corrected chi connectivity index (χ3v) is 3.60. The average Bonchev–Trinajstić information content (AvgIpc) is 3.03. The van der Waals surface area contributed by atoms with Crippen molar-refractivity contribution in [3.8, 4) is 0 Å². The van der Waals surface area contributed by atoms with Gasteiger partial charge in [0.1, 0.15) is 6.04 Å². The predicted octanol–water partition coefficient (Wildman–Crippen LogP) is -0.989. The van der Waals surface area contributed by atoms with Crippen molar-refractivity contribution in [3.63, 3.8) is 0 Å². The van der Waals surface area contributed by atoms with Gasteiger partial charge in [-0.05, 0) is 5.92 Å². The summed E-state index contributed by atoms with van der Waals surface area (Å²) < 4.78 is 0. The molecule has 3 atom stereocenters. The molecule has 0 bridgehead atoms. The zero-order chi connectivity index (χ0) is 17.4. The highest BCUT2D eigenvalue weighted by Crippen LogP contribution is 2.04. The zero-order valence-corrected chi connectivity index (χ0v) is 13.2. The third kappa shape index (κ3) is 6.07. The van der Waals surface area contributed by atoms with Crippen LogP contribution in [0.1, 0.15) is 26.0 Å². The van der Waals surface area contributed by atoms with Crippen molar-refractivity contribution < 1.29 is 19.5 Å². The number of aromatic nitrogens is 2. The number of carboxylic acid groups (broad SMARTS) is 1. The quantitative estimate of drug-likeness (QED) is 0.393. The Balaban J connectivity index is 2.47. The molecule has 1 heterocycles. The van der Waals surface area contributed by atoms with E-state index in [-0.39, 0.29) is 18.9 Å². The number of aliphatic carboxylic acids is 1. The monoisotopic (exact) mass is 325 g/mol. The van der Waals surface area contributed by atoms with Crippen molar-refractivity contribution in [2.24, 2.45) is 11.7 Å². The lowest BCUT2D eigenvalue weighted by Crippen LogP contribution is -2.50. The highest BCUT2D eigenvalue weighted by atomic mass is 16.4. The summed E-state index contributed by atoms with van der Waals surface area (Å²) >= 11 is 0. The van der Waals surface area contributed by atoms with Crippen LogP contribution >= 0.6 is 0 Å². The summed E-state index contributed by atoms with van der Waals surface area (Å²) in [6.07, 6.45) is 3.72. The first-order valence-electron chi connectivity index (χ1n) is 7.37. The molecule has 0 saturated carbocycles. The van der Waals surface area contributed by atoms with Crippen LogP contribution in [0.5, 0.6) is 0 Å². The van der Waals surface area contributed by atoms with E-state index in [1.54, 1.807) is 0 Å². The van der Waals surface area contributed by atoms with Gasteiger partial charge >= 0.3 is 5.97 Å². The van der Waals surface area contributed by atoms with Gasteiger partial charge in [-0.2, -0.15) is 0 Å². The Morgan fingerprint density at radius 3 is 2.65 bits per heavy atom. The second kappa shape index (κ2) is 8.89. The Morgan fingerprint density at radius 2 is 2.13 bits per heavy atom. The van der Waals surface area contributed by atoms with Gasteiger partial charge in [-0.3, -0.25) is 9.59 Å². The molecular weight excluding hydrogens is 302 g/mol. The van der Waals surface area contributed by atoms with Crippen LogP contribution in [0, 0.1) is 5.92 Å². The summed E-state index contributed by atoms with van der Waals surface area (Å²) in [7, 11) is 0. The van der Waals surface area contributed by atoms with Gasteiger partial charge in [0.25, 0.3) is 0 Å². The molecule has 0 radical (unpaired) electrons. The molecule has 2 amide bonds. The van der Waals surface area contributed by atoms with Crippen molar-refractivity contribution in [2.75, 3.05) is 6.54 Å². The van der Waals surface area contributed by atoms with Crippen LogP contribution in [-0.2, 0) is 20.8 Å². The van der Waals surface area contributed by atoms with Gasteiger partial charge in [0.05, 0.1) is 18.9 Å². The lowest BCUT2D eigenvalue weighted by molar-refractivity contribution is -0.141. The fraction of sp³-hybridized carbons (Fsp3) is 0.571. The molecule has 0 aliphatic rings. The molecule has 9 heteroatoms. The number of nitrogens with one attached hydrogen (secondary N) is 3. The summed E-state index contributed by atoms with van der Waals surface area (Å²) in [5.41, 5.74) is 6.33. The highest BCUT2D eigenvalue weighted by Gasteiger charge is 2.23. The van der Waals surface area contributed by atoms with Crippen LogP contribution in [0.15, 0.2) is 12.5 Å². The first-order chi connectivity index (χ1) is 10.8. The van der Waals surface area contributed by atoms with E-state index in [2.05, 4.69) is 20.6 Å². The molecule has 1 aromatic heterocycles. The number of carbonyl (C=O) groups is 3. The maximum atomic E-state index is 11.8. The summed E-state index contributed by atoms with van der Waals surface area (Å²) in [6.45, 7) is 3.43. The lowest BCUT2D eigenvalue weighted by Gasteiger charge is -2.18. The fourth-order valence-electron chi connectivity index (χ4n) is 1.86. The Bertz CT molecular complexity index is 531. The van der Waals surface area contributed by atoms with Crippen molar-refractivity contribution in [3.05, 3.63) is 18.2 Å². The minimum atomic E-state index is -1.17. The number of H-pyrrole nitrogens is 1. The predicted molar refractivity (Wildman–Crippen MR) is 82.3 cm³/mol. The van der Waals surface area contributed by atoms with E-state index < -0.39 is 29.9 Å². The second-order valence-corrected chi connectivity index (χ2v) is 5.37. The van der Waals surface area contributed by atoms with Crippen LogP contribution in [0.4, 0.5) is 0 Å². The van der Waals surface area contributed by atoms with Gasteiger partial charge in [0.15, 0.2) is 0 Å². The van der Waals surface area contributed by atoms with E-state index in [1.807, 2.05) is 13.8 Å². The molecule has 1 aromatic rings. The third-order valence-electron chi connectivity index (χ3n) is 3.60. The minimum absolute atomic E-state index is 0.00907. The molecule has 0 saturated heterocycles. The van der Waals surface area contributed by atoms with Gasteiger partial charge in [-0.15, -0.1) is 0 Å². The van der Waals surface area contributed by atoms with Crippen molar-refractivity contribution >= 4 is 17.8 Å². The largest absolute Gasteiger partial charge is 0.480 e. The van der Waals surface area contributed by atoms with E-state index in [9.17, 15) is 14.4 Å². The van der Waals surface area contributed by atoms with Gasteiger partial charge in [0.2, 0.25) is 11.8 Å². The smallest absolute Gasteiger partial charge is 0.326 e. The number of aromatic amines is 1. The van der Waals surface area contributed by atoms with Crippen molar-refractivity contribution in [1.29, 1.82) is 0 Å². The van der Waals surface area contributed by atoms with E-state index in [0.717, 1.165) is 6.42 Å². The van der Waals surface area contributed by atoms with E-state index in [1.165, 1.54) is 12.5 Å². The summed E-state index contributed by atoms with van der Waals surface area (Å²) in [5, 5.41) is 13.9. The minimum Gasteiger partial charge on any atom is -0.480 e. The number of imidazole rings is 1. The normalized spacial score (nSPS) is 14.6. The number of hydrogen-bond donors (Lipinski definition) is 5. The molecule has 0 aliphatic carbocycles. The summed E-state index contributed by atoms with van der Waals surface area (Å²) in [4.78, 5) is 41.3. The Labute approximate surface area is 134 Å². The summed E-state index contributed by atoms with van der Waals surface area (Å²) in [6, 6.07) is -1.81. The van der Waals surface area contributed by atoms with E-state index in [4.69, 9.17) is 10.8 Å².